The number of nitrogens with one attached hydrogen (secondary N) is 1. The van der Waals surface area contributed by atoms with Crippen molar-refractivity contribution in [1.82, 2.24) is 4.98 Å². The van der Waals surface area contributed by atoms with Gasteiger partial charge in [-0.3, -0.25) is 4.79 Å². The molecular formula is C14H12ClF2NO2. The van der Waals surface area contributed by atoms with Gasteiger partial charge in [-0.1, -0.05) is 11.6 Å². The molecule has 1 aliphatic carbocycles. The molecular weight excluding hydrogens is 288 g/mol. The highest BCUT2D eigenvalue weighted by Gasteiger charge is 2.45. The monoisotopic (exact) mass is 299 g/mol. The lowest BCUT2D eigenvalue weighted by Gasteiger charge is -2.34. The number of benzene rings is 1. The van der Waals surface area contributed by atoms with Crippen molar-refractivity contribution in [2.75, 3.05) is 6.61 Å². The van der Waals surface area contributed by atoms with E-state index in [1.54, 1.807) is 18.2 Å². The van der Waals surface area contributed by atoms with Crippen LogP contribution in [0.25, 0.3) is 10.9 Å². The molecule has 3 rings (SSSR count). The van der Waals surface area contributed by atoms with Gasteiger partial charge in [0.15, 0.2) is 0 Å². The van der Waals surface area contributed by atoms with E-state index in [1.807, 2.05) is 0 Å². The van der Waals surface area contributed by atoms with E-state index >= 15 is 0 Å². The van der Waals surface area contributed by atoms with Crippen molar-refractivity contribution in [1.29, 1.82) is 0 Å². The minimum Gasteiger partial charge on any atom is -0.492 e. The van der Waals surface area contributed by atoms with Crippen LogP contribution in [0.5, 0.6) is 5.75 Å². The number of rotatable bonds is 3. The summed E-state index contributed by atoms with van der Waals surface area (Å²) in [6.07, 6.45) is -0.288. The van der Waals surface area contributed by atoms with E-state index < -0.39 is 5.92 Å². The smallest absolute Gasteiger partial charge is 0.248 e. The summed E-state index contributed by atoms with van der Waals surface area (Å²) in [6.45, 7) is 0.206. The van der Waals surface area contributed by atoms with Gasteiger partial charge in [-0.15, -0.1) is 0 Å². The molecule has 0 amide bonds. The second-order valence-corrected chi connectivity index (χ2v) is 5.54. The molecule has 6 heteroatoms. The van der Waals surface area contributed by atoms with E-state index in [0.29, 0.717) is 16.3 Å². The largest absolute Gasteiger partial charge is 0.492 e. The molecule has 0 saturated heterocycles. The van der Waals surface area contributed by atoms with E-state index in [-0.39, 0.29) is 30.9 Å². The number of aromatic amines is 1. The van der Waals surface area contributed by atoms with E-state index in [2.05, 4.69) is 4.98 Å². The summed E-state index contributed by atoms with van der Waals surface area (Å²) >= 11 is 6.08. The van der Waals surface area contributed by atoms with Crippen molar-refractivity contribution in [3.05, 3.63) is 39.6 Å². The first kappa shape index (κ1) is 13.4. The standard InChI is InChI=1S/C14H12ClF2NO2/c15-10-3-9-1-2-13(19)18-11(9)4-12(10)20-7-8-5-14(16,17)6-8/h1-4,8H,5-7H2,(H,18,19). The maximum absolute atomic E-state index is 12.7. The SMILES string of the molecule is O=c1ccc2cc(Cl)c(OCC3CC(F)(F)C3)cc2[nH]1. The zero-order valence-electron chi connectivity index (χ0n) is 10.5. The minimum absolute atomic E-state index is 0.144. The lowest BCUT2D eigenvalue weighted by atomic mass is 9.82. The second kappa shape index (κ2) is 4.74. The molecule has 1 fully saturated rings. The van der Waals surface area contributed by atoms with E-state index in [9.17, 15) is 13.6 Å². The number of halogens is 3. The first-order valence-corrected chi connectivity index (χ1v) is 6.64. The number of pyridine rings is 1. The van der Waals surface area contributed by atoms with Crippen LogP contribution in [0.2, 0.25) is 5.02 Å². The summed E-state index contributed by atoms with van der Waals surface area (Å²) in [5, 5.41) is 1.19. The summed E-state index contributed by atoms with van der Waals surface area (Å²) in [7, 11) is 0. The van der Waals surface area contributed by atoms with Gasteiger partial charge in [0.1, 0.15) is 5.75 Å². The third-order valence-corrected chi connectivity index (χ3v) is 3.72. The third-order valence-electron chi connectivity index (χ3n) is 3.43. The van der Waals surface area contributed by atoms with E-state index in [0.717, 1.165) is 5.39 Å². The van der Waals surface area contributed by atoms with Crippen LogP contribution in [0.15, 0.2) is 29.1 Å². The molecule has 0 spiro atoms. The van der Waals surface area contributed by atoms with Crippen molar-refractivity contribution < 1.29 is 13.5 Å². The topological polar surface area (TPSA) is 42.1 Å². The normalized spacial score (nSPS) is 17.9. The molecule has 2 aromatic rings. The fourth-order valence-corrected chi connectivity index (χ4v) is 2.60. The Kier molecular flexibility index (Phi) is 3.17. The van der Waals surface area contributed by atoms with Crippen molar-refractivity contribution >= 4 is 22.5 Å². The van der Waals surface area contributed by atoms with Gasteiger partial charge in [-0.2, -0.15) is 0 Å². The molecule has 0 unspecified atom stereocenters. The molecule has 1 aromatic heterocycles. The molecule has 0 atom stereocenters. The average molecular weight is 300 g/mol. The molecule has 1 saturated carbocycles. The zero-order valence-corrected chi connectivity index (χ0v) is 11.2. The highest BCUT2D eigenvalue weighted by atomic mass is 35.5. The van der Waals surface area contributed by atoms with Gasteiger partial charge in [-0.25, -0.2) is 8.78 Å². The van der Waals surface area contributed by atoms with Gasteiger partial charge in [-0.05, 0) is 17.5 Å². The highest BCUT2D eigenvalue weighted by molar-refractivity contribution is 6.32. The second-order valence-electron chi connectivity index (χ2n) is 5.13. The highest BCUT2D eigenvalue weighted by Crippen LogP contribution is 2.42. The Bertz CT molecular complexity index is 706. The molecule has 20 heavy (non-hydrogen) atoms. The molecule has 0 radical (unpaired) electrons. The minimum atomic E-state index is -2.55. The van der Waals surface area contributed by atoms with Crippen LogP contribution in [-0.2, 0) is 0 Å². The summed E-state index contributed by atoms with van der Waals surface area (Å²) in [6, 6.07) is 6.37. The predicted octanol–water partition coefficient (Wildman–Crippen LogP) is 3.61. The lowest BCUT2D eigenvalue weighted by molar-refractivity contribution is -0.119. The van der Waals surface area contributed by atoms with Gasteiger partial charge >= 0.3 is 0 Å². The van der Waals surface area contributed by atoms with Gasteiger partial charge in [0.25, 0.3) is 0 Å². The van der Waals surface area contributed by atoms with Crippen LogP contribution in [-0.4, -0.2) is 17.5 Å². The molecule has 0 aliphatic heterocycles. The molecule has 106 valence electrons. The fourth-order valence-electron chi connectivity index (χ4n) is 2.38. The molecule has 1 aliphatic rings. The first-order chi connectivity index (χ1) is 9.43. The molecule has 3 nitrogen and oxygen atoms in total. The molecule has 1 heterocycles. The van der Waals surface area contributed by atoms with Crippen LogP contribution < -0.4 is 10.3 Å². The number of ether oxygens (including phenoxy) is 1. The number of hydrogen-bond donors (Lipinski definition) is 1. The van der Waals surface area contributed by atoms with Gasteiger partial charge < -0.3 is 9.72 Å². The van der Waals surface area contributed by atoms with Crippen LogP contribution in [0.1, 0.15) is 12.8 Å². The summed E-state index contributed by atoms with van der Waals surface area (Å²) in [4.78, 5) is 13.9. The van der Waals surface area contributed by atoms with Crippen molar-refractivity contribution in [2.24, 2.45) is 5.92 Å². The Morgan fingerprint density at radius 2 is 2.10 bits per heavy atom. The number of hydrogen-bond acceptors (Lipinski definition) is 2. The van der Waals surface area contributed by atoms with Crippen molar-refractivity contribution in [3.8, 4) is 5.75 Å². The van der Waals surface area contributed by atoms with Crippen molar-refractivity contribution in [3.63, 3.8) is 0 Å². The molecule has 0 bridgehead atoms. The van der Waals surface area contributed by atoms with Gasteiger partial charge in [0.2, 0.25) is 11.5 Å². The Labute approximate surface area is 118 Å². The maximum atomic E-state index is 12.7. The van der Waals surface area contributed by atoms with E-state index in [4.69, 9.17) is 16.3 Å². The molecule has 1 aromatic carbocycles. The fraction of sp³-hybridized carbons (Fsp3) is 0.357. The Balaban J connectivity index is 1.77. The van der Waals surface area contributed by atoms with E-state index in [1.165, 1.54) is 6.07 Å². The average Bonchev–Trinajstić information content (AvgIpc) is 2.34. The summed E-state index contributed by atoms with van der Waals surface area (Å²) in [5.41, 5.74) is 0.389. The van der Waals surface area contributed by atoms with Crippen LogP contribution in [0.3, 0.4) is 0 Å². The van der Waals surface area contributed by atoms with Gasteiger partial charge in [0, 0.05) is 30.9 Å². The zero-order chi connectivity index (χ0) is 14.3. The molecule has 1 N–H and O–H groups in total. The summed E-state index contributed by atoms with van der Waals surface area (Å²) < 4.78 is 30.9. The number of H-pyrrole nitrogens is 1. The van der Waals surface area contributed by atoms with Crippen LogP contribution in [0, 0.1) is 5.92 Å². The number of alkyl halides is 2. The Hall–Kier alpha value is -1.62. The predicted molar refractivity (Wildman–Crippen MR) is 72.7 cm³/mol. The maximum Gasteiger partial charge on any atom is 0.248 e. The summed E-state index contributed by atoms with van der Waals surface area (Å²) in [5.74, 6) is -2.30. The van der Waals surface area contributed by atoms with Crippen LogP contribution >= 0.6 is 11.6 Å². The number of aromatic nitrogens is 1. The van der Waals surface area contributed by atoms with Gasteiger partial charge in [0.05, 0.1) is 17.1 Å². The number of fused-ring (bicyclic) bond motifs is 1. The first-order valence-electron chi connectivity index (χ1n) is 6.26. The Morgan fingerprint density at radius 1 is 1.35 bits per heavy atom. The third kappa shape index (κ3) is 2.63. The quantitative estimate of drug-likeness (QED) is 0.941. The van der Waals surface area contributed by atoms with Crippen LogP contribution in [0.4, 0.5) is 8.78 Å². The lowest BCUT2D eigenvalue weighted by Crippen LogP contribution is -2.38. The Morgan fingerprint density at radius 3 is 2.80 bits per heavy atom. The van der Waals surface area contributed by atoms with Crippen molar-refractivity contribution in [2.45, 2.75) is 18.8 Å².